The molecule has 5 aromatic rings. The molecule has 1 amide bonds. The largest absolute Gasteiger partial charge is 0.356 e. The number of fused-ring (bicyclic) bond motifs is 3. The molecule has 6 rings (SSSR count). The number of aromatic amines is 1. The highest BCUT2D eigenvalue weighted by molar-refractivity contribution is 7.92. The third-order valence-corrected chi connectivity index (χ3v) is 10.4. The Morgan fingerprint density at radius 2 is 1.64 bits per heavy atom. The molecule has 2 unspecified atom stereocenters. The Bertz CT molecular complexity index is 1940. The van der Waals surface area contributed by atoms with Gasteiger partial charge in [-0.1, -0.05) is 59.6 Å². The summed E-state index contributed by atoms with van der Waals surface area (Å²) in [5.74, 6) is -1.12. The highest BCUT2D eigenvalue weighted by atomic mass is 35.5. The van der Waals surface area contributed by atoms with Crippen LogP contribution in [0.2, 0.25) is 10.0 Å². The maximum absolute atomic E-state index is 14.2. The van der Waals surface area contributed by atoms with Crippen LogP contribution in [0.25, 0.3) is 10.9 Å². The van der Waals surface area contributed by atoms with E-state index in [0.717, 1.165) is 32.0 Å². The first-order valence-electron chi connectivity index (χ1n) is 13.3. The molecule has 42 heavy (non-hydrogen) atoms. The van der Waals surface area contributed by atoms with E-state index in [1.807, 2.05) is 49.4 Å². The number of anilines is 1. The number of hydrogen-bond donors (Lipinski definition) is 1. The Morgan fingerprint density at radius 3 is 2.38 bits per heavy atom. The molecular formula is C32H26Cl2FN3O3S. The van der Waals surface area contributed by atoms with Gasteiger partial charge in [-0.15, -0.1) is 0 Å². The maximum Gasteiger partial charge on any atom is 0.264 e. The van der Waals surface area contributed by atoms with Crippen molar-refractivity contribution in [2.24, 2.45) is 0 Å². The van der Waals surface area contributed by atoms with Crippen molar-refractivity contribution in [3.05, 3.63) is 129 Å². The number of para-hydroxylation sites is 1. The first-order chi connectivity index (χ1) is 20.1. The van der Waals surface area contributed by atoms with Crippen molar-refractivity contribution in [2.75, 3.05) is 17.9 Å². The zero-order valence-corrected chi connectivity index (χ0v) is 25.0. The number of halogens is 3. The standard InChI is InChI=1S/C32H26Cl2FN3O3S/c1-19-31-30(24-8-4-6-10-29(24)36-31)26(23-7-3-5-9-27(23)33)18-38(19)32(39)25-17-22(15-16-28(25)34)42(40,41)37(2)21-13-11-20(35)12-14-21/h3-17,19,26,36H,18H2,1-2H3. The number of nitrogens with zero attached hydrogens (tertiary/aromatic N) is 2. The topological polar surface area (TPSA) is 73.5 Å². The highest BCUT2D eigenvalue weighted by Crippen LogP contribution is 2.45. The van der Waals surface area contributed by atoms with Crippen LogP contribution in [0.3, 0.4) is 0 Å². The first-order valence-corrected chi connectivity index (χ1v) is 15.5. The van der Waals surface area contributed by atoms with E-state index in [-0.39, 0.29) is 33.1 Å². The number of carbonyl (C=O) groups is 1. The van der Waals surface area contributed by atoms with E-state index in [0.29, 0.717) is 11.6 Å². The van der Waals surface area contributed by atoms with Crippen LogP contribution in [-0.2, 0) is 10.0 Å². The second kappa shape index (κ2) is 10.8. The van der Waals surface area contributed by atoms with Gasteiger partial charge in [0, 0.05) is 41.1 Å². The van der Waals surface area contributed by atoms with Gasteiger partial charge in [-0.25, -0.2) is 12.8 Å². The molecule has 2 atom stereocenters. The van der Waals surface area contributed by atoms with Gasteiger partial charge in [-0.2, -0.15) is 0 Å². The normalized spacial score (nSPS) is 16.8. The van der Waals surface area contributed by atoms with Crippen molar-refractivity contribution in [2.45, 2.75) is 23.8 Å². The fourth-order valence-electron chi connectivity index (χ4n) is 5.69. The number of carbonyl (C=O) groups excluding carboxylic acids is 1. The molecule has 214 valence electrons. The number of hydrogen-bond acceptors (Lipinski definition) is 3. The fourth-order valence-corrected chi connectivity index (χ4v) is 7.38. The number of aromatic nitrogens is 1. The van der Waals surface area contributed by atoms with Crippen molar-refractivity contribution in [1.29, 1.82) is 0 Å². The molecule has 4 aromatic carbocycles. The summed E-state index contributed by atoms with van der Waals surface area (Å²) in [7, 11) is -2.72. The summed E-state index contributed by atoms with van der Waals surface area (Å²) in [6, 6.07) is 24.4. The fraction of sp³-hybridized carbons (Fsp3) is 0.156. The molecule has 1 aliphatic rings. The number of benzene rings is 4. The van der Waals surface area contributed by atoms with E-state index in [2.05, 4.69) is 11.1 Å². The second-order valence-corrected chi connectivity index (χ2v) is 13.1. The van der Waals surface area contributed by atoms with E-state index in [1.54, 1.807) is 4.90 Å². The smallest absolute Gasteiger partial charge is 0.264 e. The zero-order valence-electron chi connectivity index (χ0n) is 22.7. The van der Waals surface area contributed by atoms with Crippen LogP contribution in [0.5, 0.6) is 0 Å². The molecule has 0 bridgehead atoms. The minimum Gasteiger partial charge on any atom is -0.356 e. The third kappa shape index (κ3) is 4.73. The summed E-state index contributed by atoms with van der Waals surface area (Å²) in [4.78, 5) is 19.3. The average molecular weight is 623 g/mol. The molecule has 1 N–H and O–H groups in total. The monoisotopic (exact) mass is 621 g/mol. The van der Waals surface area contributed by atoms with Gasteiger partial charge in [0.1, 0.15) is 5.82 Å². The van der Waals surface area contributed by atoms with Crippen molar-refractivity contribution < 1.29 is 17.6 Å². The number of nitrogens with one attached hydrogen (secondary N) is 1. The highest BCUT2D eigenvalue weighted by Gasteiger charge is 2.38. The van der Waals surface area contributed by atoms with Gasteiger partial charge in [-0.3, -0.25) is 9.10 Å². The molecule has 0 fully saturated rings. The van der Waals surface area contributed by atoms with E-state index in [9.17, 15) is 17.6 Å². The average Bonchev–Trinajstić information content (AvgIpc) is 3.38. The predicted octanol–water partition coefficient (Wildman–Crippen LogP) is 7.79. The Morgan fingerprint density at radius 1 is 0.952 bits per heavy atom. The van der Waals surface area contributed by atoms with Crippen LogP contribution in [-0.4, -0.2) is 37.8 Å². The van der Waals surface area contributed by atoms with Crippen molar-refractivity contribution in [1.82, 2.24) is 9.88 Å². The number of rotatable bonds is 5. The van der Waals surface area contributed by atoms with Gasteiger partial charge in [0.2, 0.25) is 0 Å². The number of sulfonamides is 1. The molecule has 0 aliphatic carbocycles. The zero-order chi connectivity index (χ0) is 29.8. The Kier molecular flexibility index (Phi) is 7.25. The van der Waals surface area contributed by atoms with Crippen LogP contribution in [0.4, 0.5) is 10.1 Å². The SMILES string of the molecule is CC1c2[nH]c3ccccc3c2C(c2ccccc2Cl)CN1C(=O)c1cc(S(=O)(=O)N(C)c2ccc(F)cc2)ccc1Cl. The number of amides is 1. The Labute approximate surface area is 253 Å². The molecule has 0 spiro atoms. The Balaban J connectivity index is 1.42. The third-order valence-electron chi connectivity index (χ3n) is 7.95. The van der Waals surface area contributed by atoms with Crippen LogP contribution >= 0.6 is 23.2 Å². The van der Waals surface area contributed by atoms with Gasteiger partial charge in [0.05, 0.1) is 27.2 Å². The molecule has 2 heterocycles. The molecule has 1 aliphatic heterocycles. The first kappa shape index (κ1) is 28.3. The van der Waals surface area contributed by atoms with Gasteiger partial charge in [-0.05, 0) is 72.6 Å². The van der Waals surface area contributed by atoms with Gasteiger partial charge >= 0.3 is 0 Å². The second-order valence-electron chi connectivity index (χ2n) is 10.3. The minimum atomic E-state index is -4.09. The van der Waals surface area contributed by atoms with Crippen LogP contribution in [0, 0.1) is 5.82 Å². The van der Waals surface area contributed by atoms with Gasteiger partial charge < -0.3 is 9.88 Å². The molecule has 0 saturated carbocycles. The summed E-state index contributed by atoms with van der Waals surface area (Å²) in [5, 5.41) is 1.79. The molecule has 0 saturated heterocycles. The minimum absolute atomic E-state index is 0.0644. The van der Waals surface area contributed by atoms with Crippen LogP contribution in [0.15, 0.2) is 95.9 Å². The van der Waals surface area contributed by atoms with E-state index >= 15 is 0 Å². The van der Waals surface area contributed by atoms with Crippen molar-refractivity contribution >= 4 is 55.7 Å². The van der Waals surface area contributed by atoms with E-state index in [4.69, 9.17) is 23.2 Å². The molecule has 0 radical (unpaired) electrons. The predicted molar refractivity (Wildman–Crippen MR) is 164 cm³/mol. The molecule has 6 nitrogen and oxygen atoms in total. The summed E-state index contributed by atoms with van der Waals surface area (Å²) in [5.41, 5.74) is 4.15. The quantitative estimate of drug-likeness (QED) is 0.218. The lowest BCUT2D eigenvalue weighted by atomic mass is 9.83. The summed E-state index contributed by atoms with van der Waals surface area (Å²) in [6.07, 6.45) is 0. The van der Waals surface area contributed by atoms with Crippen molar-refractivity contribution in [3.8, 4) is 0 Å². The molecule has 10 heteroatoms. The number of H-pyrrole nitrogens is 1. The van der Waals surface area contributed by atoms with Gasteiger partial charge in [0.25, 0.3) is 15.9 Å². The molecule has 1 aromatic heterocycles. The van der Waals surface area contributed by atoms with Crippen LogP contribution < -0.4 is 4.31 Å². The van der Waals surface area contributed by atoms with E-state index < -0.39 is 21.7 Å². The molecular weight excluding hydrogens is 596 g/mol. The van der Waals surface area contributed by atoms with Crippen molar-refractivity contribution in [3.63, 3.8) is 0 Å². The van der Waals surface area contributed by atoms with E-state index in [1.165, 1.54) is 49.5 Å². The lowest BCUT2D eigenvalue weighted by Crippen LogP contribution is -2.41. The maximum atomic E-state index is 14.2. The lowest BCUT2D eigenvalue weighted by molar-refractivity contribution is 0.0662. The summed E-state index contributed by atoms with van der Waals surface area (Å²) >= 11 is 13.2. The van der Waals surface area contributed by atoms with Gasteiger partial charge in [0.15, 0.2) is 0 Å². The summed E-state index contributed by atoms with van der Waals surface area (Å²) in [6.45, 7) is 2.24. The lowest BCUT2D eigenvalue weighted by Gasteiger charge is -2.39. The van der Waals surface area contributed by atoms with Crippen LogP contribution in [0.1, 0.15) is 46.1 Å². The summed E-state index contributed by atoms with van der Waals surface area (Å²) < 4.78 is 41.5. The Hall–Kier alpha value is -3.85.